The first-order valence-electron chi connectivity index (χ1n) is 12.3. The lowest BCUT2D eigenvalue weighted by atomic mass is 9.65. The number of sulfonamides is 1. The van der Waals surface area contributed by atoms with Crippen LogP contribution in [0.2, 0.25) is 0 Å². The van der Waals surface area contributed by atoms with Crippen LogP contribution in [0.5, 0.6) is 0 Å². The van der Waals surface area contributed by atoms with Gasteiger partial charge in [-0.05, 0) is 43.0 Å². The van der Waals surface area contributed by atoms with Crippen molar-refractivity contribution in [2.45, 2.75) is 64.4 Å². The Morgan fingerprint density at radius 1 is 1.09 bits per heavy atom. The Labute approximate surface area is 211 Å². The molecule has 0 atom stereocenters. The van der Waals surface area contributed by atoms with E-state index in [4.69, 9.17) is 0 Å². The van der Waals surface area contributed by atoms with Crippen LogP contribution >= 0.6 is 0 Å². The number of unbranched alkanes of at least 4 members (excludes halogenated alkanes) is 1. The lowest BCUT2D eigenvalue weighted by Crippen LogP contribution is -2.53. The van der Waals surface area contributed by atoms with Crippen LogP contribution in [0.1, 0.15) is 60.9 Å². The predicted molar refractivity (Wildman–Crippen MR) is 141 cm³/mol. The van der Waals surface area contributed by atoms with Gasteiger partial charge in [-0.25, -0.2) is 8.42 Å². The highest BCUT2D eigenvalue weighted by molar-refractivity contribution is 7.89. The Hall–Kier alpha value is -2.82. The van der Waals surface area contributed by atoms with Gasteiger partial charge >= 0.3 is 0 Å². The van der Waals surface area contributed by atoms with Gasteiger partial charge in [0, 0.05) is 30.8 Å². The summed E-state index contributed by atoms with van der Waals surface area (Å²) in [4.78, 5) is 0.336. The Bertz CT molecular complexity index is 1380. The zero-order chi connectivity index (χ0) is 25.2. The Morgan fingerprint density at radius 2 is 1.80 bits per heavy atom. The van der Waals surface area contributed by atoms with Gasteiger partial charge in [0.15, 0.2) is 0 Å². The average Bonchev–Trinajstić information content (AvgIpc) is 3.41. The molecule has 5 nitrogen and oxygen atoms in total. The standard InChI is InChI=1S/C28H34BN3O2S/c1-6-8-9-11-24-22(10-7-2)18-27(29-28-30(4)16-17-31(28)5)26-20-32(19-25(24)26)35(33,34)23-14-12-21(3)13-15-23/h12-18H,6-8,10,19-20H2,1-5H3. The third kappa shape index (κ3) is 5.10. The summed E-state index contributed by atoms with van der Waals surface area (Å²) in [5.74, 6) is 6.75. The van der Waals surface area contributed by atoms with Crippen molar-refractivity contribution in [2.75, 3.05) is 0 Å². The summed E-state index contributed by atoms with van der Waals surface area (Å²) in [6.45, 7) is 6.95. The van der Waals surface area contributed by atoms with E-state index in [2.05, 4.69) is 48.2 Å². The quantitative estimate of drug-likeness (QED) is 0.292. The second kappa shape index (κ2) is 10.4. The van der Waals surface area contributed by atoms with Crippen molar-refractivity contribution in [2.24, 2.45) is 14.1 Å². The number of fused-ring (bicyclic) bond motifs is 1. The number of nitrogens with zero attached hydrogens (tertiary/aromatic N) is 3. The van der Waals surface area contributed by atoms with Crippen LogP contribution in [-0.2, 0) is 43.6 Å². The molecular weight excluding hydrogens is 453 g/mol. The molecule has 0 aliphatic carbocycles. The molecule has 1 aliphatic heterocycles. The molecule has 0 N–H and O–H groups in total. The number of hydrogen-bond acceptors (Lipinski definition) is 2. The van der Waals surface area contributed by atoms with Gasteiger partial charge in [0.25, 0.3) is 0 Å². The van der Waals surface area contributed by atoms with E-state index in [1.165, 1.54) is 5.56 Å². The summed E-state index contributed by atoms with van der Waals surface area (Å²) in [6, 6.07) is 9.34. The number of hydrogen-bond donors (Lipinski definition) is 0. The fourth-order valence-corrected chi connectivity index (χ4v) is 6.01. The van der Waals surface area contributed by atoms with Gasteiger partial charge in [-0.1, -0.05) is 61.4 Å². The van der Waals surface area contributed by atoms with Crippen molar-refractivity contribution in [3.8, 4) is 11.8 Å². The van der Waals surface area contributed by atoms with Crippen molar-refractivity contribution in [1.29, 1.82) is 0 Å². The lowest BCUT2D eigenvalue weighted by molar-refractivity contribution is -0.652. The zero-order valence-corrected chi connectivity index (χ0v) is 22.2. The molecule has 0 unspecified atom stereocenters. The molecule has 0 saturated carbocycles. The summed E-state index contributed by atoms with van der Waals surface area (Å²) in [5.41, 5.74) is 7.50. The van der Waals surface area contributed by atoms with Crippen LogP contribution in [0, 0.1) is 18.8 Å². The summed E-state index contributed by atoms with van der Waals surface area (Å²) in [5, 5.41) is 0. The molecule has 1 aromatic heterocycles. The second-order valence-corrected chi connectivity index (χ2v) is 11.3. The fraction of sp³-hybridized carbons (Fsp3) is 0.393. The third-order valence-electron chi connectivity index (χ3n) is 6.62. The fourth-order valence-electron chi connectivity index (χ4n) is 4.64. The van der Waals surface area contributed by atoms with E-state index in [0.717, 1.165) is 59.1 Å². The molecule has 2 heterocycles. The SMILES string of the molecule is CCCC#Cc1c(CCC)cc([B-]c2n(C)cc[n+]2C)c2c1CN(S(=O)(=O)c1ccc(C)cc1)C2. The first kappa shape index (κ1) is 25.3. The molecule has 1 aliphatic rings. The lowest BCUT2D eigenvalue weighted by Gasteiger charge is -2.22. The van der Waals surface area contributed by atoms with Crippen LogP contribution < -0.4 is 15.8 Å². The van der Waals surface area contributed by atoms with Gasteiger partial charge in [-0.15, -0.1) is 7.28 Å². The topological polar surface area (TPSA) is 46.2 Å². The Kier molecular flexibility index (Phi) is 7.54. The minimum absolute atomic E-state index is 0.336. The summed E-state index contributed by atoms with van der Waals surface area (Å²) in [6.07, 6.45) is 7.80. The van der Waals surface area contributed by atoms with Crippen molar-refractivity contribution >= 4 is 28.5 Å². The molecule has 2 aromatic carbocycles. The van der Waals surface area contributed by atoms with Crippen molar-refractivity contribution in [3.05, 3.63) is 70.5 Å². The van der Waals surface area contributed by atoms with E-state index in [9.17, 15) is 8.42 Å². The van der Waals surface area contributed by atoms with Crippen LogP contribution in [0.15, 0.2) is 47.6 Å². The van der Waals surface area contributed by atoms with E-state index >= 15 is 0 Å². The smallest absolute Gasteiger partial charge is 0.243 e. The maximum atomic E-state index is 13.6. The van der Waals surface area contributed by atoms with E-state index in [0.29, 0.717) is 18.0 Å². The maximum absolute atomic E-state index is 13.6. The van der Waals surface area contributed by atoms with Gasteiger partial charge in [-0.2, -0.15) is 4.31 Å². The minimum atomic E-state index is -3.62. The number of imidazole rings is 1. The molecule has 4 rings (SSSR count). The molecule has 0 fully saturated rings. The monoisotopic (exact) mass is 487 g/mol. The number of aromatic nitrogens is 2. The number of aryl methyl sites for hydroxylation is 4. The van der Waals surface area contributed by atoms with E-state index < -0.39 is 10.0 Å². The van der Waals surface area contributed by atoms with Gasteiger partial charge in [0.2, 0.25) is 10.0 Å². The molecule has 35 heavy (non-hydrogen) atoms. The zero-order valence-electron chi connectivity index (χ0n) is 21.4. The minimum Gasteiger partial charge on any atom is -0.280 e. The highest BCUT2D eigenvalue weighted by Gasteiger charge is 2.32. The summed E-state index contributed by atoms with van der Waals surface area (Å²) in [7, 11) is 2.60. The van der Waals surface area contributed by atoms with Crippen molar-refractivity contribution in [3.63, 3.8) is 0 Å². The van der Waals surface area contributed by atoms with Crippen molar-refractivity contribution in [1.82, 2.24) is 8.87 Å². The largest absolute Gasteiger partial charge is 0.280 e. The van der Waals surface area contributed by atoms with Crippen LogP contribution in [-0.4, -0.2) is 24.6 Å². The number of benzene rings is 2. The first-order valence-corrected chi connectivity index (χ1v) is 13.8. The molecule has 0 amide bonds. The van der Waals surface area contributed by atoms with Crippen LogP contribution in [0.25, 0.3) is 0 Å². The van der Waals surface area contributed by atoms with E-state index in [-0.39, 0.29) is 0 Å². The van der Waals surface area contributed by atoms with Crippen molar-refractivity contribution < 1.29 is 13.0 Å². The van der Waals surface area contributed by atoms with E-state index in [1.54, 1.807) is 16.4 Å². The van der Waals surface area contributed by atoms with Gasteiger partial charge < -0.3 is 0 Å². The third-order valence-corrected chi connectivity index (χ3v) is 8.43. The molecule has 7 heteroatoms. The highest BCUT2D eigenvalue weighted by Crippen LogP contribution is 2.32. The second-order valence-electron chi connectivity index (χ2n) is 9.37. The highest BCUT2D eigenvalue weighted by atomic mass is 32.2. The summed E-state index contributed by atoms with van der Waals surface area (Å²) >= 11 is 0. The maximum Gasteiger partial charge on any atom is 0.243 e. The summed E-state index contributed by atoms with van der Waals surface area (Å²) < 4.78 is 33.0. The van der Waals surface area contributed by atoms with Crippen LogP contribution in [0.3, 0.4) is 0 Å². The molecule has 0 saturated heterocycles. The Balaban J connectivity index is 1.83. The molecule has 3 aromatic rings. The molecular formula is C28H34BN3O2S. The van der Waals surface area contributed by atoms with Crippen LogP contribution in [0.4, 0.5) is 0 Å². The average molecular weight is 487 g/mol. The van der Waals surface area contributed by atoms with E-state index in [1.807, 2.05) is 45.5 Å². The van der Waals surface area contributed by atoms with Gasteiger partial charge in [0.1, 0.15) is 12.4 Å². The molecule has 0 bridgehead atoms. The molecule has 0 spiro atoms. The van der Waals surface area contributed by atoms with Gasteiger partial charge in [0.05, 0.1) is 19.0 Å². The number of rotatable bonds is 7. The molecule has 2 radical (unpaired) electrons. The predicted octanol–water partition coefficient (Wildman–Crippen LogP) is 2.62. The molecule has 182 valence electrons. The Morgan fingerprint density at radius 3 is 2.43 bits per heavy atom. The normalized spacial score (nSPS) is 13.5. The van der Waals surface area contributed by atoms with Gasteiger partial charge in [-0.3, -0.25) is 14.6 Å². The first-order chi connectivity index (χ1) is 16.8.